The number of allylic oxidation sites excluding steroid dienone is 1. The molecule has 1 heterocycles. The molecular weight excluding hydrogens is 270 g/mol. The molecule has 1 aromatic rings. The van der Waals surface area contributed by atoms with E-state index in [1.54, 1.807) is 0 Å². The molecule has 1 fully saturated rings. The Bertz CT molecular complexity index is 569. The first-order valence-electron chi connectivity index (χ1n) is 7.03. The lowest BCUT2D eigenvalue weighted by atomic mass is 9.93. The predicted molar refractivity (Wildman–Crippen MR) is 75.5 cm³/mol. The third kappa shape index (κ3) is 2.63. The van der Waals surface area contributed by atoms with Crippen molar-refractivity contribution in [3.05, 3.63) is 48.0 Å². The summed E-state index contributed by atoms with van der Waals surface area (Å²) in [4.78, 5) is 25.0. The first-order valence-corrected chi connectivity index (χ1v) is 7.03. The Kier molecular flexibility index (Phi) is 3.64. The molecule has 21 heavy (non-hydrogen) atoms. The van der Waals surface area contributed by atoms with Gasteiger partial charge in [0.15, 0.2) is 0 Å². The van der Waals surface area contributed by atoms with Gasteiger partial charge in [0.05, 0.1) is 0 Å². The summed E-state index contributed by atoms with van der Waals surface area (Å²) >= 11 is 0. The van der Waals surface area contributed by atoms with Crippen LogP contribution in [0.5, 0.6) is 0 Å². The van der Waals surface area contributed by atoms with Crippen LogP contribution in [-0.4, -0.2) is 34.7 Å². The maximum atomic E-state index is 12.2. The van der Waals surface area contributed by atoms with Crippen LogP contribution in [0.25, 0.3) is 0 Å². The van der Waals surface area contributed by atoms with Crippen LogP contribution in [-0.2, 0) is 16.1 Å². The number of ether oxygens (including phenoxy) is 1. The molecule has 1 saturated heterocycles. The third-order valence-electron chi connectivity index (χ3n) is 4.18. The van der Waals surface area contributed by atoms with Crippen molar-refractivity contribution in [1.29, 1.82) is 0 Å². The molecule has 5 heteroatoms. The summed E-state index contributed by atoms with van der Waals surface area (Å²) in [5.41, 5.74) is 0.886. The number of carbonyl (C=O) groups excluding carboxylic acids is 1. The Morgan fingerprint density at radius 1 is 1.29 bits per heavy atom. The van der Waals surface area contributed by atoms with Crippen LogP contribution in [0.4, 0.5) is 4.79 Å². The molecule has 1 amide bonds. The summed E-state index contributed by atoms with van der Waals surface area (Å²) in [6.45, 7) is 0.583. The molecule has 2 aliphatic rings. The Labute approximate surface area is 122 Å². The van der Waals surface area contributed by atoms with E-state index in [-0.39, 0.29) is 18.4 Å². The molecule has 110 valence electrons. The maximum Gasteiger partial charge on any atom is 0.410 e. The van der Waals surface area contributed by atoms with Crippen molar-refractivity contribution in [1.82, 2.24) is 4.90 Å². The Morgan fingerprint density at radius 2 is 2.05 bits per heavy atom. The van der Waals surface area contributed by atoms with Crippen LogP contribution in [0.3, 0.4) is 0 Å². The van der Waals surface area contributed by atoms with Gasteiger partial charge in [0.1, 0.15) is 12.6 Å². The molecule has 0 saturated carbocycles. The van der Waals surface area contributed by atoms with Crippen LogP contribution in [0.2, 0.25) is 0 Å². The average molecular weight is 287 g/mol. The molecule has 1 N–H and O–H groups in total. The summed E-state index contributed by atoms with van der Waals surface area (Å²) in [5.74, 6) is -0.843. The smallest absolute Gasteiger partial charge is 0.410 e. The number of carboxylic acid groups (broad SMARTS) is 1. The van der Waals surface area contributed by atoms with E-state index in [1.807, 2.05) is 42.5 Å². The van der Waals surface area contributed by atoms with Crippen LogP contribution in [0, 0.1) is 11.8 Å². The second kappa shape index (κ2) is 5.60. The van der Waals surface area contributed by atoms with Gasteiger partial charge >= 0.3 is 12.1 Å². The highest BCUT2D eigenvalue weighted by Crippen LogP contribution is 2.38. The zero-order valence-electron chi connectivity index (χ0n) is 11.5. The number of carbonyl (C=O) groups is 2. The van der Waals surface area contributed by atoms with Crippen molar-refractivity contribution in [2.45, 2.75) is 19.1 Å². The average Bonchev–Trinajstić information content (AvgIpc) is 3.05. The second-order valence-corrected chi connectivity index (χ2v) is 5.47. The monoisotopic (exact) mass is 287 g/mol. The van der Waals surface area contributed by atoms with E-state index in [9.17, 15) is 14.7 Å². The molecule has 5 nitrogen and oxygen atoms in total. The van der Waals surface area contributed by atoms with E-state index in [4.69, 9.17) is 4.74 Å². The van der Waals surface area contributed by atoms with Gasteiger partial charge < -0.3 is 9.84 Å². The Hall–Kier alpha value is -2.30. The number of nitrogens with zero attached hydrogens (tertiary/aromatic N) is 1. The van der Waals surface area contributed by atoms with Gasteiger partial charge in [-0.2, -0.15) is 0 Å². The molecule has 0 aromatic heterocycles. The molecule has 1 aliphatic carbocycles. The van der Waals surface area contributed by atoms with Gasteiger partial charge in [0.2, 0.25) is 0 Å². The summed E-state index contributed by atoms with van der Waals surface area (Å²) < 4.78 is 5.26. The quantitative estimate of drug-likeness (QED) is 0.866. The maximum absolute atomic E-state index is 12.2. The van der Waals surface area contributed by atoms with Crippen LogP contribution in [0.15, 0.2) is 42.5 Å². The Balaban J connectivity index is 1.66. The molecule has 1 aromatic carbocycles. The van der Waals surface area contributed by atoms with E-state index < -0.39 is 18.1 Å². The second-order valence-electron chi connectivity index (χ2n) is 5.47. The van der Waals surface area contributed by atoms with E-state index in [1.165, 1.54) is 4.90 Å². The topological polar surface area (TPSA) is 66.8 Å². The SMILES string of the molecule is O=C(O)C1C2CC=CC2CN1C(=O)OCc1ccccc1. The molecule has 0 bridgehead atoms. The highest BCUT2D eigenvalue weighted by atomic mass is 16.6. The van der Waals surface area contributed by atoms with Crippen LogP contribution < -0.4 is 0 Å². The number of likely N-dealkylation sites (tertiary alicyclic amines) is 1. The van der Waals surface area contributed by atoms with Crippen molar-refractivity contribution in [2.75, 3.05) is 6.54 Å². The van der Waals surface area contributed by atoms with E-state index in [0.717, 1.165) is 5.56 Å². The minimum Gasteiger partial charge on any atom is -0.480 e. The Morgan fingerprint density at radius 3 is 2.76 bits per heavy atom. The van der Waals surface area contributed by atoms with E-state index >= 15 is 0 Å². The molecular formula is C16H17NO4. The number of hydrogen-bond donors (Lipinski definition) is 1. The van der Waals surface area contributed by atoms with Crippen molar-refractivity contribution >= 4 is 12.1 Å². The molecule has 0 spiro atoms. The zero-order valence-corrected chi connectivity index (χ0v) is 11.5. The summed E-state index contributed by atoms with van der Waals surface area (Å²) in [6, 6.07) is 8.57. The highest BCUT2D eigenvalue weighted by Gasteiger charge is 2.48. The molecule has 3 rings (SSSR count). The standard InChI is InChI=1S/C16H17NO4/c18-15(19)14-13-8-4-7-12(13)9-17(14)16(20)21-10-11-5-2-1-3-6-11/h1-7,12-14H,8-10H2,(H,18,19). The van der Waals surface area contributed by atoms with Gasteiger partial charge in [-0.05, 0) is 12.0 Å². The number of aliphatic carboxylic acids is 1. The number of fused-ring (bicyclic) bond motifs is 1. The molecule has 3 unspecified atom stereocenters. The van der Waals surface area contributed by atoms with Crippen LogP contribution in [0.1, 0.15) is 12.0 Å². The predicted octanol–water partition coefficient (Wildman–Crippen LogP) is 2.28. The molecule has 1 aliphatic heterocycles. The normalized spacial score (nSPS) is 26.7. The van der Waals surface area contributed by atoms with Crippen LogP contribution >= 0.6 is 0 Å². The number of carboxylic acids is 1. The highest BCUT2D eigenvalue weighted by molar-refractivity contribution is 5.81. The number of hydrogen-bond acceptors (Lipinski definition) is 3. The minimum atomic E-state index is -0.956. The lowest BCUT2D eigenvalue weighted by Crippen LogP contribution is -2.43. The fourth-order valence-electron chi connectivity index (χ4n) is 3.17. The van der Waals surface area contributed by atoms with Gasteiger partial charge in [-0.25, -0.2) is 9.59 Å². The van der Waals surface area contributed by atoms with E-state index in [2.05, 4.69) is 0 Å². The van der Waals surface area contributed by atoms with Crippen molar-refractivity contribution in [2.24, 2.45) is 11.8 Å². The lowest BCUT2D eigenvalue weighted by molar-refractivity contribution is -0.143. The third-order valence-corrected chi connectivity index (χ3v) is 4.18. The van der Waals surface area contributed by atoms with Gasteiger partial charge in [0, 0.05) is 18.4 Å². The van der Waals surface area contributed by atoms with Gasteiger partial charge in [0.25, 0.3) is 0 Å². The molecule has 0 radical (unpaired) electrons. The van der Waals surface area contributed by atoms with Crippen molar-refractivity contribution < 1.29 is 19.4 Å². The van der Waals surface area contributed by atoms with Gasteiger partial charge in [-0.15, -0.1) is 0 Å². The van der Waals surface area contributed by atoms with Crippen molar-refractivity contribution in [3.63, 3.8) is 0 Å². The number of benzene rings is 1. The molecule has 3 atom stereocenters. The fourth-order valence-corrected chi connectivity index (χ4v) is 3.17. The first kappa shape index (κ1) is 13.7. The first-order chi connectivity index (χ1) is 10.2. The number of rotatable bonds is 3. The lowest BCUT2D eigenvalue weighted by Gasteiger charge is -2.23. The summed E-state index contributed by atoms with van der Waals surface area (Å²) in [6.07, 6.45) is 4.17. The fraction of sp³-hybridized carbons (Fsp3) is 0.375. The summed E-state index contributed by atoms with van der Waals surface area (Å²) in [5, 5.41) is 9.39. The van der Waals surface area contributed by atoms with Crippen molar-refractivity contribution in [3.8, 4) is 0 Å². The zero-order chi connectivity index (χ0) is 14.8. The van der Waals surface area contributed by atoms with E-state index in [0.29, 0.717) is 13.0 Å². The summed E-state index contributed by atoms with van der Waals surface area (Å²) in [7, 11) is 0. The largest absolute Gasteiger partial charge is 0.480 e. The minimum absolute atomic E-state index is 0.0215. The number of amides is 1. The van der Waals surface area contributed by atoms with Gasteiger partial charge in [-0.3, -0.25) is 4.90 Å². The van der Waals surface area contributed by atoms with Gasteiger partial charge in [-0.1, -0.05) is 42.5 Å².